The van der Waals surface area contributed by atoms with Gasteiger partial charge in [-0.1, -0.05) is 30.3 Å². The van der Waals surface area contributed by atoms with Gasteiger partial charge in [0.2, 0.25) is 0 Å². The molecule has 28 heavy (non-hydrogen) atoms. The molecule has 2 aromatic rings. The number of nitrogens with zero attached hydrogens (tertiary/aromatic N) is 1. The molecule has 0 bridgehead atoms. The first-order valence-electron chi connectivity index (χ1n) is 9.07. The molecule has 1 fully saturated rings. The van der Waals surface area contributed by atoms with Crippen LogP contribution in [0.2, 0.25) is 0 Å². The van der Waals surface area contributed by atoms with Gasteiger partial charge in [-0.3, -0.25) is 9.69 Å². The van der Waals surface area contributed by atoms with Crippen molar-refractivity contribution in [2.24, 2.45) is 5.92 Å². The van der Waals surface area contributed by atoms with Gasteiger partial charge in [0, 0.05) is 31.6 Å². The molecule has 0 aromatic heterocycles. The summed E-state index contributed by atoms with van der Waals surface area (Å²) in [5, 5.41) is 9.17. The number of alkyl halides is 3. The van der Waals surface area contributed by atoms with Crippen LogP contribution in [0.5, 0.6) is 0 Å². The maximum atomic E-state index is 14.0. The number of piperidine rings is 1. The minimum absolute atomic E-state index is 0.0229. The number of likely N-dealkylation sites (tertiary alicyclic amines) is 1. The summed E-state index contributed by atoms with van der Waals surface area (Å²) in [7, 11) is 0. The van der Waals surface area contributed by atoms with Crippen LogP contribution < -0.4 is 0 Å². The van der Waals surface area contributed by atoms with Crippen molar-refractivity contribution < 1.29 is 27.5 Å². The van der Waals surface area contributed by atoms with E-state index in [2.05, 4.69) is 0 Å². The topological polar surface area (TPSA) is 40.5 Å². The lowest BCUT2D eigenvalue weighted by Gasteiger charge is -2.38. The zero-order chi connectivity index (χ0) is 20.3. The molecular formula is C21H21F4NO2. The third-order valence-corrected chi connectivity index (χ3v) is 5.14. The second-order valence-electron chi connectivity index (χ2n) is 7.30. The first kappa shape index (κ1) is 20.3. The number of halogens is 4. The standard InChI is InChI=1S/C21H21F4NO2/c22-19-4-2-1-3-16(19)12-26-11-14(10-20(27)28)9-17(13-26)15-5-7-18(8-6-15)21(23,24)25/h1-8,14,17H,9-13H2,(H,27,28)/t14-,17+/m0/s1. The van der Waals surface area contributed by atoms with Gasteiger partial charge in [0.25, 0.3) is 0 Å². The molecule has 1 N–H and O–H groups in total. The number of rotatable bonds is 5. The zero-order valence-corrected chi connectivity index (χ0v) is 15.1. The van der Waals surface area contributed by atoms with E-state index in [0.29, 0.717) is 31.6 Å². The summed E-state index contributed by atoms with van der Waals surface area (Å²) in [6, 6.07) is 11.4. The van der Waals surface area contributed by atoms with E-state index >= 15 is 0 Å². The molecule has 2 aromatic carbocycles. The van der Waals surface area contributed by atoms with E-state index in [4.69, 9.17) is 5.11 Å². The Kier molecular flexibility index (Phi) is 6.03. The fraction of sp³-hybridized carbons (Fsp3) is 0.381. The van der Waals surface area contributed by atoms with E-state index in [-0.39, 0.29) is 24.1 Å². The number of carboxylic acids is 1. The van der Waals surface area contributed by atoms with Gasteiger partial charge < -0.3 is 5.11 Å². The normalized spacial score (nSPS) is 20.9. The molecule has 2 atom stereocenters. The summed E-state index contributed by atoms with van der Waals surface area (Å²) < 4.78 is 52.4. The molecule has 3 nitrogen and oxygen atoms in total. The Hall–Kier alpha value is -2.41. The summed E-state index contributed by atoms with van der Waals surface area (Å²) in [4.78, 5) is 13.2. The van der Waals surface area contributed by atoms with Crippen LogP contribution in [-0.2, 0) is 17.5 Å². The molecule has 0 unspecified atom stereocenters. The van der Waals surface area contributed by atoms with Crippen LogP contribution in [0.3, 0.4) is 0 Å². The van der Waals surface area contributed by atoms with Crippen LogP contribution in [0.1, 0.15) is 35.4 Å². The van der Waals surface area contributed by atoms with E-state index in [1.54, 1.807) is 18.2 Å². The third-order valence-electron chi connectivity index (χ3n) is 5.14. The van der Waals surface area contributed by atoms with Gasteiger partial charge in [0.05, 0.1) is 5.56 Å². The molecule has 1 aliphatic heterocycles. The summed E-state index contributed by atoms with van der Waals surface area (Å²) in [5.41, 5.74) is 0.545. The Balaban J connectivity index is 1.79. The van der Waals surface area contributed by atoms with Crippen molar-refractivity contribution in [3.63, 3.8) is 0 Å². The Labute approximate surface area is 160 Å². The summed E-state index contributed by atoms with van der Waals surface area (Å²) in [6.07, 6.45) is -3.84. The third kappa shape index (κ3) is 5.10. The van der Waals surface area contributed by atoms with Crippen molar-refractivity contribution in [1.29, 1.82) is 0 Å². The number of carboxylic acid groups (broad SMARTS) is 1. The van der Waals surface area contributed by atoms with Gasteiger partial charge in [-0.2, -0.15) is 13.2 Å². The molecular weight excluding hydrogens is 374 g/mol. The highest BCUT2D eigenvalue weighted by molar-refractivity contribution is 5.67. The number of benzene rings is 2. The van der Waals surface area contributed by atoms with Gasteiger partial charge in [-0.05, 0) is 42.0 Å². The maximum Gasteiger partial charge on any atom is 0.416 e. The smallest absolute Gasteiger partial charge is 0.416 e. The van der Waals surface area contributed by atoms with Crippen LogP contribution in [0, 0.1) is 11.7 Å². The van der Waals surface area contributed by atoms with E-state index in [1.165, 1.54) is 18.2 Å². The molecule has 1 heterocycles. The quantitative estimate of drug-likeness (QED) is 0.731. The van der Waals surface area contributed by atoms with E-state index in [1.807, 2.05) is 4.90 Å². The predicted octanol–water partition coefficient (Wildman–Crippen LogP) is 4.92. The van der Waals surface area contributed by atoms with Crippen LogP contribution in [0.25, 0.3) is 0 Å². The molecule has 0 amide bonds. The highest BCUT2D eigenvalue weighted by Gasteiger charge is 2.32. The fourth-order valence-electron chi connectivity index (χ4n) is 3.88. The second-order valence-corrected chi connectivity index (χ2v) is 7.30. The van der Waals surface area contributed by atoms with E-state index < -0.39 is 17.7 Å². The van der Waals surface area contributed by atoms with E-state index in [0.717, 1.165) is 17.7 Å². The average Bonchev–Trinajstić information content (AvgIpc) is 2.62. The van der Waals surface area contributed by atoms with Crippen LogP contribution in [-0.4, -0.2) is 29.1 Å². The van der Waals surface area contributed by atoms with Crippen molar-refractivity contribution in [1.82, 2.24) is 4.90 Å². The molecule has 1 aliphatic rings. The Bertz CT molecular complexity index is 820. The van der Waals surface area contributed by atoms with Gasteiger partial charge in [-0.25, -0.2) is 4.39 Å². The fourth-order valence-corrected chi connectivity index (χ4v) is 3.88. The number of hydrogen-bond donors (Lipinski definition) is 1. The largest absolute Gasteiger partial charge is 0.481 e. The van der Waals surface area contributed by atoms with Gasteiger partial charge >= 0.3 is 12.1 Å². The lowest BCUT2D eigenvalue weighted by atomic mass is 9.82. The van der Waals surface area contributed by atoms with Crippen LogP contribution >= 0.6 is 0 Å². The number of hydrogen-bond acceptors (Lipinski definition) is 2. The number of aliphatic carboxylic acids is 1. The first-order valence-corrected chi connectivity index (χ1v) is 9.07. The minimum Gasteiger partial charge on any atom is -0.481 e. The number of carbonyl (C=O) groups is 1. The molecule has 7 heteroatoms. The van der Waals surface area contributed by atoms with Crippen molar-refractivity contribution in [2.45, 2.75) is 31.5 Å². The first-order chi connectivity index (χ1) is 13.2. The van der Waals surface area contributed by atoms with Crippen LogP contribution in [0.4, 0.5) is 17.6 Å². The molecule has 0 aliphatic carbocycles. The maximum absolute atomic E-state index is 14.0. The minimum atomic E-state index is -4.40. The molecule has 1 saturated heterocycles. The van der Waals surface area contributed by atoms with Gasteiger partial charge in [-0.15, -0.1) is 0 Å². The highest BCUT2D eigenvalue weighted by Crippen LogP contribution is 2.35. The lowest BCUT2D eigenvalue weighted by molar-refractivity contribution is -0.139. The monoisotopic (exact) mass is 395 g/mol. The SMILES string of the molecule is O=C(O)C[C@@H]1C[C@@H](c2ccc(C(F)(F)F)cc2)CN(Cc2ccccc2F)C1. The Morgan fingerprint density at radius 1 is 1.07 bits per heavy atom. The van der Waals surface area contributed by atoms with Gasteiger partial charge in [0.15, 0.2) is 0 Å². The van der Waals surface area contributed by atoms with Gasteiger partial charge in [0.1, 0.15) is 5.82 Å². The second kappa shape index (κ2) is 8.31. The van der Waals surface area contributed by atoms with Crippen molar-refractivity contribution in [2.75, 3.05) is 13.1 Å². The van der Waals surface area contributed by atoms with Crippen molar-refractivity contribution in [3.8, 4) is 0 Å². The zero-order valence-electron chi connectivity index (χ0n) is 15.1. The molecule has 0 saturated carbocycles. The summed E-state index contributed by atoms with van der Waals surface area (Å²) in [6.45, 7) is 1.38. The Morgan fingerprint density at radius 3 is 2.36 bits per heavy atom. The summed E-state index contributed by atoms with van der Waals surface area (Å²) >= 11 is 0. The van der Waals surface area contributed by atoms with Crippen molar-refractivity contribution in [3.05, 3.63) is 71.0 Å². The van der Waals surface area contributed by atoms with Crippen molar-refractivity contribution >= 4 is 5.97 Å². The highest BCUT2D eigenvalue weighted by atomic mass is 19.4. The summed E-state index contributed by atoms with van der Waals surface area (Å²) in [5.74, 6) is -1.49. The molecule has 0 spiro atoms. The van der Waals surface area contributed by atoms with E-state index in [9.17, 15) is 22.4 Å². The van der Waals surface area contributed by atoms with Crippen LogP contribution in [0.15, 0.2) is 48.5 Å². The molecule has 0 radical (unpaired) electrons. The lowest BCUT2D eigenvalue weighted by Crippen LogP contribution is -2.40. The Morgan fingerprint density at radius 2 is 1.75 bits per heavy atom. The average molecular weight is 395 g/mol. The predicted molar refractivity (Wildman–Crippen MR) is 96.2 cm³/mol. The molecule has 3 rings (SSSR count). The molecule has 150 valence electrons.